The zero-order valence-corrected chi connectivity index (χ0v) is 26.4. The first-order chi connectivity index (χ1) is 18.4. The lowest BCUT2D eigenvalue weighted by Crippen LogP contribution is -2.30. The lowest BCUT2D eigenvalue weighted by molar-refractivity contribution is -0.119. The number of unbranched alkanes of at least 4 members (excludes halogenated alkanes) is 2. The molecule has 0 aliphatic carbocycles. The van der Waals surface area contributed by atoms with E-state index in [4.69, 9.17) is 0 Å². The number of aliphatic hydroxyl groups is 2. The van der Waals surface area contributed by atoms with Crippen molar-refractivity contribution in [1.82, 2.24) is 0 Å². The molecule has 222 valence electrons. The maximum absolute atomic E-state index is 12.6. The first kappa shape index (κ1) is 35.3. The van der Waals surface area contributed by atoms with E-state index in [9.17, 15) is 15.0 Å². The fraction of sp³-hybridized carbons (Fsp3) is 0.694. The Kier molecular flexibility index (Phi) is 16.2. The van der Waals surface area contributed by atoms with E-state index in [-0.39, 0.29) is 30.0 Å². The summed E-state index contributed by atoms with van der Waals surface area (Å²) in [6, 6.07) is 8.71. The molecule has 1 aromatic carbocycles. The summed E-state index contributed by atoms with van der Waals surface area (Å²) < 4.78 is 0. The number of benzene rings is 1. The Bertz CT molecular complexity index is 866. The lowest BCUT2D eigenvalue weighted by Gasteiger charge is -2.34. The largest absolute Gasteiger partial charge is 0.396 e. The van der Waals surface area contributed by atoms with Gasteiger partial charge in [-0.3, -0.25) is 4.79 Å². The van der Waals surface area contributed by atoms with Gasteiger partial charge in [0.05, 0.1) is 6.61 Å². The van der Waals surface area contributed by atoms with E-state index >= 15 is 0 Å². The van der Waals surface area contributed by atoms with Crippen LogP contribution < -0.4 is 0 Å². The number of rotatable bonds is 21. The van der Waals surface area contributed by atoms with Gasteiger partial charge in [-0.15, -0.1) is 6.58 Å². The van der Waals surface area contributed by atoms with E-state index in [0.717, 1.165) is 57.8 Å². The van der Waals surface area contributed by atoms with Crippen LogP contribution in [0.25, 0.3) is 0 Å². The molecule has 0 saturated carbocycles. The number of aliphatic hydroxyl groups excluding tert-OH is 2. The molecule has 0 heterocycles. The zero-order chi connectivity index (χ0) is 29.5. The third kappa shape index (κ3) is 13.0. The molecule has 0 aliphatic heterocycles. The van der Waals surface area contributed by atoms with Crippen molar-refractivity contribution in [1.29, 1.82) is 0 Å². The summed E-state index contributed by atoms with van der Waals surface area (Å²) in [5.41, 5.74) is 3.45. The number of hydrogen-bond acceptors (Lipinski definition) is 3. The van der Waals surface area contributed by atoms with Gasteiger partial charge in [-0.05, 0) is 86.2 Å². The Morgan fingerprint density at radius 1 is 0.897 bits per heavy atom. The minimum absolute atomic E-state index is 0.118. The van der Waals surface area contributed by atoms with E-state index in [1.807, 2.05) is 6.08 Å². The van der Waals surface area contributed by atoms with Gasteiger partial charge < -0.3 is 10.2 Å². The van der Waals surface area contributed by atoms with Crippen molar-refractivity contribution in [3.63, 3.8) is 0 Å². The SMILES string of the molecule is C=CC(C/C=C(\C)CC(C)C)C(C)(CO)CCCCC(=O)CCCCC(C)(CO)c1ccc(CC(C)C)cc1. The highest BCUT2D eigenvalue weighted by Gasteiger charge is 2.30. The minimum Gasteiger partial charge on any atom is -0.396 e. The van der Waals surface area contributed by atoms with E-state index in [0.29, 0.717) is 30.5 Å². The van der Waals surface area contributed by atoms with Gasteiger partial charge in [0.2, 0.25) is 0 Å². The number of ketones is 1. The lowest BCUT2D eigenvalue weighted by atomic mass is 9.72. The molecule has 3 atom stereocenters. The first-order valence-corrected chi connectivity index (χ1v) is 15.5. The standard InChI is InChI=1S/C36H60O3/c1-9-32(19-16-30(6)24-28(2)3)35(7,26-37)22-12-10-14-34(39)15-11-13-23-36(8,27-38)33-20-17-31(18-21-33)25-29(4)5/h9,16-18,20-21,28-29,32,37-38H,1,10-15,19,22-27H2,2-8H3/b30-16+. The van der Waals surface area contributed by atoms with Gasteiger partial charge >= 0.3 is 0 Å². The van der Waals surface area contributed by atoms with Crippen LogP contribution >= 0.6 is 0 Å². The van der Waals surface area contributed by atoms with Gasteiger partial charge in [0.15, 0.2) is 0 Å². The van der Waals surface area contributed by atoms with Crippen molar-refractivity contribution in [2.24, 2.45) is 23.2 Å². The summed E-state index contributed by atoms with van der Waals surface area (Å²) in [5.74, 6) is 1.84. The fourth-order valence-electron chi connectivity index (χ4n) is 5.75. The third-order valence-corrected chi connectivity index (χ3v) is 8.52. The molecule has 3 heteroatoms. The first-order valence-electron chi connectivity index (χ1n) is 15.5. The highest BCUT2D eigenvalue weighted by Crippen LogP contribution is 2.37. The van der Waals surface area contributed by atoms with Gasteiger partial charge in [0.1, 0.15) is 5.78 Å². The molecule has 0 spiro atoms. The maximum atomic E-state index is 12.6. The van der Waals surface area contributed by atoms with Crippen molar-refractivity contribution in [2.45, 2.75) is 125 Å². The molecule has 0 amide bonds. The van der Waals surface area contributed by atoms with Crippen LogP contribution in [0, 0.1) is 23.2 Å². The molecule has 0 aliphatic rings. The molecule has 0 aromatic heterocycles. The fourth-order valence-corrected chi connectivity index (χ4v) is 5.75. The zero-order valence-electron chi connectivity index (χ0n) is 26.4. The molecule has 3 unspecified atom stereocenters. The summed E-state index contributed by atoms with van der Waals surface area (Å²) in [6.45, 7) is 19.7. The monoisotopic (exact) mass is 540 g/mol. The normalized spacial score (nSPS) is 16.2. The summed E-state index contributed by atoms with van der Waals surface area (Å²) >= 11 is 0. The van der Waals surface area contributed by atoms with E-state index in [2.05, 4.69) is 85.4 Å². The maximum Gasteiger partial charge on any atom is 0.132 e. The molecule has 1 rings (SSSR count). The third-order valence-electron chi connectivity index (χ3n) is 8.52. The van der Waals surface area contributed by atoms with Crippen LogP contribution in [-0.4, -0.2) is 29.2 Å². The molecule has 0 bridgehead atoms. The number of allylic oxidation sites excluding steroid dienone is 3. The average molecular weight is 541 g/mol. The quantitative estimate of drug-likeness (QED) is 0.121. The van der Waals surface area contributed by atoms with Crippen LogP contribution in [0.3, 0.4) is 0 Å². The number of carbonyl (C=O) groups is 1. The van der Waals surface area contributed by atoms with Crippen LogP contribution in [-0.2, 0) is 16.6 Å². The molecular weight excluding hydrogens is 480 g/mol. The van der Waals surface area contributed by atoms with Crippen molar-refractivity contribution in [2.75, 3.05) is 13.2 Å². The molecular formula is C36H60O3. The second-order valence-corrected chi connectivity index (χ2v) is 13.5. The second-order valence-electron chi connectivity index (χ2n) is 13.5. The predicted molar refractivity (Wildman–Crippen MR) is 168 cm³/mol. The van der Waals surface area contributed by atoms with Gasteiger partial charge in [0.25, 0.3) is 0 Å². The molecule has 0 saturated heterocycles. The Morgan fingerprint density at radius 3 is 1.97 bits per heavy atom. The van der Waals surface area contributed by atoms with E-state index < -0.39 is 0 Å². The van der Waals surface area contributed by atoms with Gasteiger partial charge in [-0.25, -0.2) is 0 Å². The van der Waals surface area contributed by atoms with Crippen molar-refractivity contribution < 1.29 is 15.0 Å². The van der Waals surface area contributed by atoms with Gasteiger partial charge in [-0.2, -0.15) is 0 Å². The van der Waals surface area contributed by atoms with Crippen LogP contribution in [0.5, 0.6) is 0 Å². The number of hydrogen-bond donors (Lipinski definition) is 2. The highest BCUT2D eigenvalue weighted by molar-refractivity contribution is 5.78. The summed E-state index contributed by atoms with van der Waals surface area (Å²) in [5, 5.41) is 20.4. The Labute approximate surface area is 241 Å². The Morgan fingerprint density at radius 2 is 1.49 bits per heavy atom. The molecule has 0 radical (unpaired) electrons. The summed E-state index contributed by atoms with van der Waals surface area (Å²) in [4.78, 5) is 12.6. The van der Waals surface area contributed by atoms with Crippen LogP contribution in [0.4, 0.5) is 0 Å². The smallest absolute Gasteiger partial charge is 0.132 e. The molecule has 3 nitrogen and oxygen atoms in total. The summed E-state index contributed by atoms with van der Waals surface area (Å²) in [7, 11) is 0. The van der Waals surface area contributed by atoms with Gasteiger partial charge in [0, 0.05) is 24.9 Å². The second kappa shape index (κ2) is 17.9. The average Bonchev–Trinajstić information content (AvgIpc) is 2.89. The minimum atomic E-state index is -0.266. The van der Waals surface area contributed by atoms with Crippen LogP contribution in [0.15, 0.2) is 48.6 Å². The predicted octanol–water partition coefficient (Wildman–Crippen LogP) is 9.01. The van der Waals surface area contributed by atoms with Crippen LogP contribution in [0.2, 0.25) is 0 Å². The topological polar surface area (TPSA) is 57.5 Å². The summed E-state index contributed by atoms with van der Waals surface area (Å²) in [6.07, 6.45) is 14.0. The molecule has 0 fully saturated rings. The van der Waals surface area contributed by atoms with E-state index in [1.165, 1.54) is 16.7 Å². The number of Topliss-reactive ketones (excluding diaryl/α,β-unsaturated/α-hetero) is 1. The van der Waals surface area contributed by atoms with Crippen molar-refractivity contribution >= 4 is 5.78 Å². The highest BCUT2D eigenvalue weighted by atomic mass is 16.3. The van der Waals surface area contributed by atoms with Gasteiger partial charge in [-0.1, -0.05) is 96.4 Å². The molecule has 39 heavy (non-hydrogen) atoms. The van der Waals surface area contributed by atoms with Crippen molar-refractivity contribution in [3.8, 4) is 0 Å². The Hall–Kier alpha value is -1.71. The van der Waals surface area contributed by atoms with Crippen molar-refractivity contribution in [3.05, 3.63) is 59.7 Å². The van der Waals surface area contributed by atoms with E-state index in [1.54, 1.807) is 0 Å². The molecule has 1 aromatic rings. The van der Waals surface area contributed by atoms with Crippen LogP contribution in [0.1, 0.15) is 124 Å². The number of carbonyl (C=O) groups excluding carboxylic acids is 1. The molecule has 2 N–H and O–H groups in total. The Balaban J connectivity index is 2.45.